The zero-order chi connectivity index (χ0) is 12.8. The minimum Gasteiger partial charge on any atom is -0.395 e. The van der Waals surface area contributed by atoms with Gasteiger partial charge in [0.15, 0.2) is 5.82 Å². The molecular formula is C11H21N3O3. The third kappa shape index (κ3) is 4.07. The predicted molar refractivity (Wildman–Crippen MR) is 62.4 cm³/mol. The van der Waals surface area contributed by atoms with E-state index in [1.807, 2.05) is 32.7 Å². The van der Waals surface area contributed by atoms with Crippen molar-refractivity contribution < 1.29 is 14.4 Å². The molecule has 0 bridgehead atoms. The Bertz CT molecular complexity index is 330. The topological polar surface area (TPSA) is 71.6 Å². The van der Waals surface area contributed by atoms with Gasteiger partial charge in [-0.05, 0) is 27.8 Å². The lowest BCUT2D eigenvalue weighted by Gasteiger charge is -2.20. The fraction of sp³-hybridized carbons (Fsp3) is 0.818. The highest BCUT2D eigenvalue weighted by atomic mass is 16.5. The van der Waals surface area contributed by atoms with E-state index in [0.717, 1.165) is 0 Å². The van der Waals surface area contributed by atoms with Crippen molar-refractivity contribution in [3.63, 3.8) is 0 Å². The molecule has 0 aliphatic heterocycles. The summed E-state index contributed by atoms with van der Waals surface area (Å²) in [5.41, 5.74) is 0. The van der Waals surface area contributed by atoms with E-state index in [0.29, 0.717) is 24.9 Å². The minimum atomic E-state index is -0.155. The molecule has 1 N–H and O–H groups in total. The van der Waals surface area contributed by atoms with Gasteiger partial charge in [-0.2, -0.15) is 4.98 Å². The molecule has 6 nitrogen and oxygen atoms in total. The van der Waals surface area contributed by atoms with Crippen LogP contribution in [0.5, 0.6) is 0 Å². The first-order valence-corrected chi connectivity index (χ1v) is 5.83. The molecule has 6 heteroatoms. The van der Waals surface area contributed by atoms with Gasteiger partial charge in [0.05, 0.1) is 13.2 Å². The fourth-order valence-corrected chi connectivity index (χ4v) is 1.33. The van der Waals surface area contributed by atoms with Crippen LogP contribution in [0.4, 0.5) is 0 Å². The molecule has 0 spiro atoms. The molecule has 1 aromatic rings. The van der Waals surface area contributed by atoms with Crippen LogP contribution in [-0.2, 0) is 11.3 Å². The SMILES string of the molecule is CCOC(C)c1noc(CN(C)C(C)CO)n1. The number of ether oxygens (including phenoxy) is 1. The van der Waals surface area contributed by atoms with Crippen LogP contribution in [0.25, 0.3) is 0 Å². The lowest BCUT2D eigenvalue weighted by atomic mass is 10.3. The second-order valence-electron chi connectivity index (χ2n) is 4.09. The van der Waals surface area contributed by atoms with Gasteiger partial charge in [0.25, 0.3) is 0 Å². The molecule has 1 aromatic heterocycles. The van der Waals surface area contributed by atoms with Crippen molar-refractivity contribution in [1.82, 2.24) is 15.0 Å². The van der Waals surface area contributed by atoms with Crippen LogP contribution in [0.15, 0.2) is 4.52 Å². The lowest BCUT2D eigenvalue weighted by Crippen LogP contribution is -2.31. The van der Waals surface area contributed by atoms with Crippen LogP contribution in [0.3, 0.4) is 0 Å². The Morgan fingerprint density at radius 3 is 2.76 bits per heavy atom. The smallest absolute Gasteiger partial charge is 0.240 e. The summed E-state index contributed by atoms with van der Waals surface area (Å²) >= 11 is 0. The number of likely N-dealkylation sites (N-methyl/N-ethyl adjacent to an activating group) is 1. The van der Waals surface area contributed by atoms with Crippen LogP contribution >= 0.6 is 0 Å². The molecule has 0 saturated heterocycles. The van der Waals surface area contributed by atoms with E-state index < -0.39 is 0 Å². The van der Waals surface area contributed by atoms with Gasteiger partial charge >= 0.3 is 0 Å². The highest BCUT2D eigenvalue weighted by Gasteiger charge is 2.16. The number of aliphatic hydroxyl groups excluding tert-OH is 1. The van der Waals surface area contributed by atoms with Crippen molar-refractivity contribution >= 4 is 0 Å². The molecule has 17 heavy (non-hydrogen) atoms. The average molecular weight is 243 g/mol. The highest BCUT2D eigenvalue weighted by molar-refractivity contribution is 4.90. The second kappa shape index (κ2) is 6.68. The Labute approximate surface area is 102 Å². The number of hydrogen-bond acceptors (Lipinski definition) is 6. The van der Waals surface area contributed by atoms with Crippen LogP contribution in [-0.4, -0.2) is 46.5 Å². The highest BCUT2D eigenvalue weighted by Crippen LogP contribution is 2.13. The van der Waals surface area contributed by atoms with E-state index in [1.54, 1.807) is 0 Å². The Hall–Kier alpha value is -0.980. The van der Waals surface area contributed by atoms with E-state index in [4.69, 9.17) is 14.4 Å². The van der Waals surface area contributed by atoms with Crippen LogP contribution < -0.4 is 0 Å². The number of aromatic nitrogens is 2. The summed E-state index contributed by atoms with van der Waals surface area (Å²) in [6, 6.07) is 0.0645. The summed E-state index contributed by atoms with van der Waals surface area (Å²) in [6.07, 6.45) is -0.155. The predicted octanol–water partition coefficient (Wildman–Crippen LogP) is 0.980. The molecule has 0 radical (unpaired) electrons. The van der Waals surface area contributed by atoms with Crippen LogP contribution in [0, 0.1) is 0 Å². The molecular weight excluding hydrogens is 222 g/mol. The number of hydrogen-bond donors (Lipinski definition) is 1. The maximum absolute atomic E-state index is 9.02. The van der Waals surface area contributed by atoms with Crippen molar-refractivity contribution in [3.05, 3.63) is 11.7 Å². The van der Waals surface area contributed by atoms with Crippen molar-refractivity contribution in [2.24, 2.45) is 0 Å². The third-order valence-corrected chi connectivity index (χ3v) is 2.67. The van der Waals surface area contributed by atoms with Crippen molar-refractivity contribution in [1.29, 1.82) is 0 Å². The van der Waals surface area contributed by atoms with Gasteiger partial charge in [-0.15, -0.1) is 0 Å². The molecule has 2 unspecified atom stereocenters. The quantitative estimate of drug-likeness (QED) is 0.769. The molecule has 1 rings (SSSR count). The first-order chi connectivity index (χ1) is 8.08. The molecule has 2 atom stereocenters. The Balaban J connectivity index is 2.56. The summed E-state index contributed by atoms with van der Waals surface area (Å²) in [7, 11) is 1.90. The van der Waals surface area contributed by atoms with Gasteiger partial charge in [0.1, 0.15) is 6.10 Å². The van der Waals surface area contributed by atoms with Gasteiger partial charge in [0, 0.05) is 12.6 Å². The van der Waals surface area contributed by atoms with Crippen molar-refractivity contribution in [2.75, 3.05) is 20.3 Å². The molecule has 0 aliphatic carbocycles. The van der Waals surface area contributed by atoms with Crippen molar-refractivity contribution in [2.45, 2.75) is 39.5 Å². The maximum Gasteiger partial charge on any atom is 0.240 e. The van der Waals surface area contributed by atoms with Gasteiger partial charge in [-0.3, -0.25) is 4.90 Å². The summed E-state index contributed by atoms with van der Waals surface area (Å²) < 4.78 is 10.5. The third-order valence-electron chi connectivity index (χ3n) is 2.67. The number of rotatable bonds is 7. The largest absolute Gasteiger partial charge is 0.395 e. The first-order valence-electron chi connectivity index (χ1n) is 5.83. The maximum atomic E-state index is 9.02. The van der Waals surface area contributed by atoms with Crippen LogP contribution in [0.2, 0.25) is 0 Å². The Morgan fingerprint density at radius 2 is 2.18 bits per heavy atom. The van der Waals surface area contributed by atoms with Gasteiger partial charge in [-0.25, -0.2) is 0 Å². The van der Waals surface area contributed by atoms with Gasteiger partial charge in [-0.1, -0.05) is 5.16 Å². The summed E-state index contributed by atoms with van der Waals surface area (Å²) in [6.45, 7) is 6.99. The van der Waals surface area contributed by atoms with E-state index in [-0.39, 0.29) is 18.8 Å². The summed E-state index contributed by atoms with van der Waals surface area (Å²) in [5.74, 6) is 1.10. The zero-order valence-electron chi connectivity index (χ0n) is 10.9. The lowest BCUT2D eigenvalue weighted by molar-refractivity contribution is 0.0683. The fourth-order valence-electron chi connectivity index (χ4n) is 1.33. The van der Waals surface area contributed by atoms with Gasteiger partial charge < -0.3 is 14.4 Å². The summed E-state index contributed by atoms with van der Waals surface area (Å²) in [5, 5.41) is 12.9. The molecule has 0 fully saturated rings. The van der Waals surface area contributed by atoms with Crippen molar-refractivity contribution in [3.8, 4) is 0 Å². The standard InChI is InChI=1S/C11H21N3O3/c1-5-16-9(3)11-12-10(17-13-11)6-14(4)8(2)7-15/h8-9,15H,5-7H2,1-4H3. The molecule has 0 aromatic carbocycles. The monoisotopic (exact) mass is 243 g/mol. The van der Waals surface area contributed by atoms with Crippen LogP contribution in [0.1, 0.15) is 38.6 Å². The number of aliphatic hydroxyl groups is 1. The summed E-state index contributed by atoms with van der Waals surface area (Å²) in [4.78, 5) is 6.21. The molecule has 0 aliphatic rings. The van der Waals surface area contributed by atoms with E-state index >= 15 is 0 Å². The van der Waals surface area contributed by atoms with Gasteiger partial charge in [0.2, 0.25) is 5.89 Å². The average Bonchev–Trinajstić information content (AvgIpc) is 2.76. The first kappa shape index (κ1) is 14.1. The molecule has 1 heterocycles. The molecule has 98 valence electrons. The minimum absolute atomic E-state index is 0.0645. The molecule has 0 amide bonds. The second-order valence-corrected chi connectivity index (χ2v) is 4.09. The van der Waals surface area contributed by atoms with E-state index in [2.05, 4.69) is 10.1 Å². The normalized spacial score (nSPS) is 15.2. The Morgan fingerprint density at radius 1 is 1.47 bits per heavy atom. The number of nitrogens with zero attached hydrogens (tertiary/aromatic N) is 3. The van der Waals surface area contributed by atoms with E-state index in [9.17, 15) is 0 Å². The van der Waals surface area contributed by atoms with E-state index in [1.165, 1.54) is 0 Å². The Kier molecular flexibility index (Phi) is 5.54. The zero-order valence-corrected chi connectivity index (χ0v) is 10.9. The molecule has 0 saturated carbocycles.